The molecular formula is C24H35NO. The molecule has 2 rings (SSSR count). The number of rotatable bonds is 5. The average Bonchev–Trinajstić information content (AvgIpc) is 2.51. The van der Waals surface area contributed by atoms with Gasteiger partial charge < -0.3 is 9.64 Å². The Morgan fingerprint density at radius 2 is 1.38 bits per heavy atom. The lowest BCUT2D eigenvalue weighted by molar-refractivity contribution is 0.304. The summed E-state index contributed by atoms with van der Waals surface area (Å²) in [4.78, 5) is 2.19. The van der Waals surface area contributed by atoms with Crippen molar-refractivity contribution in [3.05, 3.63) is 64.7 Å². The van der Waals surface area contributed by atoms with Crippen LogP contribution in [0.25, 0.3) is 0 Å². The first-order valence-electron chi connectivity index (χ1n) is 9.46. The summed E-state index contributed by atoms with van der Waals surface area (Å²) in [5, 5.41) is 0. The van der Waals surface area contributed by atoms with E-state index in [0.29, 0.717) is 6.61 Å². The van der Waals surface area contributed by atoms with E-state index in [0.717, 1.165) is 12.3 Å². The highest BCUT2D eigenvalue weighted by molar-refractivity contribution is 5.38. The maximum Gasteiger partial charge on any atom is 0.120 e. The number of hydrogen-bond acceptors (Lipinski definition) is 2. The van der Waals surface area contributed by atoms with E-state index in [1.807, 2.05) is 0 Å². The Balaban J connectivity index is 2.23. The molecule has 0 saturated heterocycles. The Morgan fingerprint density at radius 3 is 1.96 bits per heavy atom. The molecule has 2 heteroatoms. The van der Waals surface area contributed by atoms with Gasteiger partial charge in [-0.15, -0.1) is 0 Å². The first-order chi connectivity index (χ1) is 11.9. The molecule has 26 heavy (non-hydrogen) atoms. The van der Waals surface area contributed by atoms with Crippen molar-refractivity contribution in [3.63, 3.8) is 0 Å². The lowest BCUT2D eigenvalue weighted by Gasteiger charge is -2.23. The zero-order valence-corrected chi connectivity index (χ0v) is 17.8. The molecule has 2 aromatic carbocycles. The van der Waals surface area contributed by atoms with Crippen LogP contribution in [0.5, 0.6) is 5.75 Å². The normalized spacial score (nSPS) is 12.5. The predicted octanol–water partition coefficient (Wildman–Crippen LogP) is 5.92. The van der Waals surface area contributed by atoms with Gasteiger partial charge in [-0.2, -0.15) is 0 Å². The maximum atomic E-state index is 6.20. The second-order valence-electron chi connectivity index (χ2n) is 9.59. The largest absolute Gasteiger partial charge is 0.489 e. The molecule has 0 bridgehead atoms. The molecule has 0 spiro atoms. The van der Waals surface area contributed by atoms with Crippen LogP contribution < -0.4 is 4.74 Å². The highest BCUT2D eigenvalue weighted by atomic mass is 16.5. The minimum atomic E-state index is 0.104. The van der Waals surface area contributed by atoms with Gasteiger partial charge in [-0.05, 0) is 59.3 Å². The van der Waals surface area contributed by atoms with Crippen LogP contribution in [0.4, 0.5) is 0 Å². The summed E-state index contributed by atoms with van der Waals surface area (Å²) < 4.78 is 6.20. The average molecular weight is 354 g/mol. The molecule has 0 aliphatic heterocycles. The smallest absolute Gasteiger partial charge is 0.120 e. The molecule has 0 fully saturated rings. The second-order valence-corrected chi connectivity index (χ2v) is 9.59. The zero-order chi connectivity index (χ0) is 19.5. The number of hydrogen-bond donors (Lipinski definition) is 0. The van der Waals surface area contributed by atoms with Crippen molar-refractivity contribution < 1.29 is 4.74 Å². The van der Waals surface area contributed by atoms with E-state index in [1.165, 1.54) is 22.3 Å². The van der Waals surface area contributed by atoms with Crippen molar-refractivity contribution in [3.8, 4) is 5.75 Å². The van der Waals surface area contributed by atoms with Crippen molar-refractivity contribution in [2.45, 2.75) is 65.5 Å². The van der Waals surface area contributed by atoms with Crippen molar-refractivity contribution in [1.82, 2.24) is 4.90 Å². The van der Waals surface area contributed by atoms with E-state index in [-0.39, 0.29) is 10.8 Å². The number of benzene rings is 2. The van der Waals surface area contributed by atoms with Gasteiger partial charge >= 0.3 is 0 Å². The monoisotopic (exact) mass is 353 g/mol. The van der Waals surface area contributed by atoms with Crippen LogP contribution in [-0.4, -0.2) is 19.0 Å². The van der Waals surface area contributed by atoms with Crippen molar-refractivity contribution in [2.24, 2.45) is 0 Å². The van der Waals surface area contributed by atoms with E-state index in [1.54, 1.807) is 0 Å². The molecule has 0 radical (unpaired) electrons. The minimum Gasteiger partial charge on any atom is -0.489 e. The van der Waals surface area contributed by atoms with E-state index in [4.69, 9.17) is 4.74 Å². The van der Waals surface area contributed by atoms with Crippen LogP contribution in [0, 0.1) is 0 Å². The predicted molar refractivity (Wildman–Crippen MR) is 112 cm³/mol. The van der Waals surface area contributed by atoms with Gasteiger partial charge in [0.05, 0.1) is 0 Å². The zero-order valence-electron chi connectivity index (χ0n) is 17.8. The molecule has 0 amide bonds. The Hall–Kier alpha value is -1.80. The molecule has 0 aromatic heterocycles. The highest BCUT2D eigenvalue weighted by Crippen LogP contribution is 2.29. The van der Waals surface area contributed by atoms with Crippen LogP contribution in [0.15, 0.2) is 42.5 Å². The maximum absolute atomic E-state index is 6.20. The van der Waals surface area contributed by atoms with Crippen molar-refractivity contribution >= 4 is 0 Å². The van der Waals surface area contributed by atoms with Gasteiger partial charge in [-0.3, -0.25) is 0 Å². The number of ether oxygens (including phenoxy) is 1. The van der Waals surface area contributed by atoms with Crippen LogP contribution in [0.2, 0.25) is 0 Å². The van der Waals surface area contributed by atoms with Crippen LogP contribution in [0.3, 0.4) is 0 Å². The molecule has 2 nitrogen and oxygen atoms in total. The number of nitrogens with zero attached hydrogens (tertiary/aromatic N) is 1. The fourth-order valence-corrected chi connectivity index (χ4v) is 2.93. The first-order valence-corrected chi connectivity index (χ1v) is 9.46. The summed E-state index contributed by atoms with van der Waals surface area (Å²) in [5.41, 5.74) is 5.42. The Labute approximate surface area is 160 Å². The Kier molecular flexibility index (Phi) is 6.18. The summed E-state index contributed by atoms with van der Waals surface area (Å²) in [6, 6.07) is 15.4. The third kappa shape index (κ3) is 5.88. The summed E-state index contributed by atoms with van der Waals surface area (Å²) >= 11 is 0. The van der Waals surface area contributed by atoms with Crippen LogP contribution in [0.1, 0.15) is 63.8 Å². The lowest BCUT2D eigenvalue weighted by atomic mass is 9.86. The molecule has 2 aromatic rings. The molecule has 0 N–H and O–H groups in total. The fourth-order valence-electron chi connectivity index (χ4n) is 2.93. The standard InChI is InChI=1S/C24H35NO/c1-23(2,3)20-11-9-10-18(12-20)17-26-22-14-19(16-25(7)8)13-21(15-22)24(4,5)6/h9-15H,16-17H2,1-8H3. The molecule has 0 aliphatic carbocycles. The molecule has 0 saturated carbocycles. The summed E-state index contributed by atoms with van der Waals surface area (Å²) in [6.07, 6.45) is 0. The molecule has 0 unspecified atom stereocenters. The van der Waals surface area contributed by atoms with E-state index >= 15 is 0 Å². The molecule has 0 atom stereocenters. The SMILES string of the molecule is CN(C)Cc1cc(OCc2cccc(C(C)(C)C)c2)cc(C(C)(C)C)c1. The third-order valence-electron chi connectivity index (χ3n) is 4.53. The summed E-state index contributed by atoms with van der Waals surface area (Å²) in [7, 11) is 4.20. The topological polar surface area (TPSA) is 12.5 Å². The van der Waals surface area contributed by atoms with E-state index in [2.05, 4.69) is 103 Å². The molecule has 0 heterocycles. The van der Waals surface area contributed by atoms with Gasteiger partial charge in [0, 0.05) is 6.54 Å². The quantitative estimate of drug-likeness (QED) is 0.661. The van der Waals surface area contributed by atoms with E-state index < -0.39 is 0 Å². The first kappa shape index (κ1) is 20.5. The van der Waals surface area contributed by atoms with Gasteiger partial charge in [0.1, 0.15) is 12.4 Å². The molecular weight excluding hydrogens is 318 g/mol. The highest BCUT2D eigenvalue weighted by Gasteiger charge is 2.17. The van der Waals surface area contributed by atoms with Crippen LogP contribution >= 0.6 is 0 Å². The Morgan fingerprint density at radius 1 is 0.769 bits per heavy atom. The van der Waals surface area contributed by atoms with Crippen LogP contribution in [-0.2, 0) is 24.0 Å². The van der Waals surface area contributed by atoms with Gasteiger partial charge in [0.15, 0.2) is 0 Å². The Bertz CT molecular complexity index is 733. The van der Waals surface area contributed by atoms with Crippen molar-refractivity contribution in [1.29, 1.82) is 0 Å². The van der Waals surface area contributed by atoms with E-state index in [9.17, 15) is 0 Å². The molecule has 0 aliphatic rings. The van der Waals surface area contributed by atoms with Gasteiger partial charge in [-0.1, -0.05) is 71.9 Å². The third-order valence-corrected chi connectivity index (χ3v) is 4.53. The summed E-state index contributed by atoms with van der Waals surface area (Å²) in [5.74, 6) is 0.954. The lowest BCUT2D eigenvalue weighted by Crippen LogP contribution is -2.15. The van der Waals surface area contributed by atoms with Gasteiger partial charge in [0.25, 0.3) is 0 Å². The summed E-state index contributed by atoms with van der Waals surface area (Å²) in [6.45, 7) is 15.0. The minimum absolute atomic E-state index is 0.104. The van der Waals surface area contributed by atoms with Crippen molar-refractivity contribution in [2.75, 3.05) is 14.1 Å². The van der Waals surface area contributed by atoms with Gasteiger partial charge in [0.2, 0.25) is 0 Å². The van der Waals surface area contributed by atoms with Gasteiger partial charge in [-0.25, -0.2) is 0 Å². The molecule has 142 valence electrons. The second kappa shape index (κ2) is 7.84. The fraction of sp³-hybridized carbons (Fsp3) is 0.500.